The van der Waals surface area contributed by atoms with Crippen LogP contribution in [0.2, 0.25) is 0 Å². The van der Waals surface area contributed by atoms with Crippen molar-refractivity contribution in [1.29, 1.82) is 0 Å². The van der Waals surface area contributed by atoms with Gasteiger partial charge in [-0.05, 0) is 47.2 Å². The topological polar surface area (TPSA) is 129 Å². The first kappa shape index (κ1) is 23.8. The molecule has 2 aromatic carbocycles. The lowest BCUT2D eigenvalue weighted by atomic mass is 10.1. The third-order valence-electron chi connectivity index (χ3n) is 4.95. The first-order valence-electron chi connectivity index (χ1n) is 10.2. The summed E-state index contributed by atoms with van der Waals surface area (Å²) >= 11 is 0.704. The Morgan fingerprint density at radius 2 is 1.91 bits per heavy atom. The van der Waals surface area contributed by atoms with Crippen LogP contribution in [0.3, 0.4) is 0 Å². The van der Waals surface area contributed by atoms with Crippen molar-refractivity contribution >= 4 is 40.6 Å². The largest absolute Gasteiger partial charge is 0.482 e. The van der Waals surface area contributed by atoms with Gasteiger partial charge in [0.2, 0.25) is 5.76 Å². The minimum Gasteiger partial charge on any atom is -0.482 e. The van der Waals surface area contributed by atoms with Gasteiger partial charge in [-0.25, -0.2) is 4.79 Å². The summed E-state index contributed by atoms with van der Waals surface area (Å²) in [4.78, 5) is 48.8. The number of methoxy groups -OCH3 is 1. The van der Waals surface area contributed by atoms with Gasteiger partial charge in [-0.15, -0.1) is 0 Å². The smallest absolute Gasteiger partial charge is 0.373 e. The molecule has 11 heteroatoms. The molecule has 0 spiro atoms. The number of ether oxygens (including phenoxy) is 2. The quantitative estimate of drug-likeness (QED) is 0.188. The number of nitrogens with zero attached hydrogens (tertiary/aromatic N) is 2. The lowest BCUT2D eigenvalue weighted by Crippen LogP contribution is -2.27. The summed E-state index contributed by atoms with van der Waals surface area (Å²) < 4.78 is 15.5. The summed E-state index contributed by atoms with van der Waals surface area (Å²) in [7, 11) is 1.21. The number of imide groups is 1. The second-order valence-corrected chi connectivity index (χ2v) is 8.28. The van der Waals surface area contributed by atoms with Gasteiger partial charge in [0.25, 0.3) is 11.1 Å². The van der Waals surface area contributed by atoms with Gasteiger partial charge < -0.3 is 13.9 Å². The highest BCUT2D eigenvalue weighted by Crippen LogP contribution is 2.35. The Morgan fingerprint density at radius 1 is 1.14 bits per heavy atom. The van der Waals surface area contributed by atoms with Crippen molar-refractivity contribution in [3.63, 3.8) is 0 Å². The Bertz CT molecular complexity index is 1330. The number of benzene rings is 2. The SMILES string of the molecule is COC(=O)c1ccc(CN2C(=O)S/C(=C/c3ccc(OCc4ccccc4)c([N+](=O)[O-])c3)C2=O)o1. The van der Waals surface area contributed by atoms with Gasteiger partial charge in [0, 0.05) is 6.07 Å². The predicted molar refractivity (Wildman–Crippen MR) is 125 cm³/mol. The van der Waals surface area contributed by atoms with Crippen LogP contribution in [0.25, 0.3) is 6.08 Å². The van der Waals surface area contributed by atoms with E-state index in [1.165, 1.54) is 37.5 Å². The Labute approximate surface area is 203 Å². The highest BCUT2D eigenvalue weighted by atomic mass is 32.2. The molecule has 3 aromatic rings. The summed E-state index contributed by atoms with van der Waals surface area (Å²) in [5.41, 5.74) is 0.954. The second kappa shape index (κ2) is 10.3. The molecule has 0 bridgehead atoms. The molecule has 1 aliphatic heterocycles. The van der Waals surface area contributed by atoms with Gasteiger partial charge in [0.1, 0.15) is 12.4 Å². The van der Waals surface area contributed by atoms with E-state index in [1.54, 1.807) is 6.07 Å². The number of nitro groups is 1. The molecule has 1 aromatic heterocycles. The van der Waals surface area contributed by atoms with Crippen molar-refractivity contribution < 1.29 is 33.2 Å². The molecule has 1 aliphatic rings. The lowest BCUT2D eigenvalue weighted by Gasteiger charge is -2.10. The van der Waals surface area contributed by atoms with E-state index in [4.69, 9.17) is 9.15 Å². The molecular weight excluding hydrogens is 476 g/mol. The Morgan fingerprint density at radius 3 is 2.63 bits per heavy atom. The molecule has 2 amide bonds. The number of esters is 1. The fourth-order valence-corrected chi connectivity index (χ4v) is 4.08. The van der Waals surface area contributed by atoms with Gasteiger partial charge in [-0.1, -0.05) is 36.4 Å². The number of amides is 2. The van der Waals surface area contributed by atoms with E-state index < -0.39 is 22.0 Å². The lowest BCUT2D eigenvalue weighted by molar-refractivity contribution is -0.386. The van der Waals surface area contributed by atoms with Gasteiger partial charge in [-0.2, -0.15) is 0 Å². The molecule has 1 saturated heterocycles. The number of furan rings is 1. The molecule has 35 heavy (non-hydrogen) atoms. The first-order chi connectivity index (χ1) is 16.9. The Kier molecular flexibility index (Phi) is 6.97. The summed E-state index contributed by atoms with van der Waals surface area (Å²) in [5.74, 6) is -0.995. The monoisotopic (exact) mass is 494 g/mol. The van der Waals surface area contributed by atoms with Crippen LogP contribution in [-0.2, 0) is 22.7 Å². The zero-order chi connectivity index (χ0) is 24.9. The fraction of sp³-hybridized carbons (Fsp3) is 0.125. The average Bonchev–Trinajstić information content (AvgIpc) is 3.43. The zero-order valence-corrected chi connectivity index (χ0v) is 19.2. The van der Waals surface area contributed by atoms with E-state index >= 15 is 0 Å². The van der Waals surface area contributed by atoms with E-state index in [2.05, 4.69) is 4.74 Å². The fourth-order valence-electron chi connectivity index (χ4n) is 3.24. The average molecular weight is 494 g/mol. The number of carbonyl (C=O) groups excluding carboxylic acids is 3. The Balaban J connectivity index is 1.50. The van der Waals surface area contributed by atoms with E-state index in [1.807, 2.05) is 30.3 Å². The molecule has 4 rings (SSSR count). The molecule has 178 valence electrons. The number of carbonyl (C=O) groups is 3. The maximum atomic E-state index is 12.8. The van der Waals surface area contributed by atoms with Crippen LogP contribution in [-0.4, -0.2) is 34.0 Å². The van der Waals surface area contributed by atoms with Crippen molar-refractivity contribution in [3.8, 4) is 5.75 Å². The highest BCUT2D eigenvalue weighted by molar-refractivity contribution is 8.18. The van der Waals surface area contributed by atoms with Crippen molar-refractivity contribution in [3.05, 3.63) is 98.3 Å². The van der Waals surface area contributed by atoms with Crippen molar-refractivity contribution in [2.24, 2.45) is 0 Å². The number of nitro benzene ring substituents is 1. The number of hydrogen-bond donors (Lipinski definition) is 0. The summed E-state index contributed by atoms with van der Waals surface area (Å²) in [6.07, 6.45) is 1.40. The molecule has 0 N–H and O–H groups in total. The van der Waals surface area contributed by atoms with Crippen LogP contribution in [0.15, 0.2) is 70.0 Å². The number of thioether (sulfide) groups is 1. The first-order valence-corrected chi connectivity index (χ1v) is 11.0. The van der Waals surface area contributed by atoms with Crippen LogP contribution in [0.4, 0.5) is 10.5 Å². The zero-order valence-electron chi connectivity index (χ0n) is 18.3. The van der Waals surface area contributed by atoms with Gasteiger partial charge in [-0.3, -0.25) is 24.6 Å². The van der Waals surface area contributed by atoms with Crippen molar-refractivity contribution in [2.45, 2.75) is 13.2 Å². The molecule has 0 atom stereocenters. The van der Waals surface area contributed by atoms with Crippen LogP contribution in [0.5, 0.6) is 5.75 Å². The van der Waals surface area contributed by atoms with E-state index in [0.717, 1.165) is 10.5 Å². The maximum absolute atomic E-state index is 12.8. The van der Waals surface area contributed by atoms with Crippen molar-refractivity contribution in [1.82, 2.24) is 4.90 Å². The third-order valence-corrected chi connectivity index (χ3v) is 5.86. The summed E-state index contributed by atoms with van der Waals surface area (Å²) in [6, 6.07) is 16.4. The van der Waals surface area contributed by atoms with Crippen LogP contribution < -0.4 is 4.74 Å². The second-order valence-electron chi connectivity index (χ2n) is 7.28. The number of rotatable bonds is 8. The molecule has 1 fully saturated rings. The maximum Gasteiger partial charge on any atom is 0.373 e. The molecule has 0 radical (unpaired) electrons. The van der Waals surface area contributed by atoms with E-state index in [9.17, 15) is 24.5 Å². The van der Waals surface area contributed by atoms with Crippen molar-refractivity contribution in [2.75, 3.05) is 7.11 Å². The molecule has 0 aliphatic carbocycles. The van der Waals surface area contributed by atoms with Crippen LogP contribution in [0, 0.1) is 10.1 Å². The normalized spacial score (nSPS) is 14.4. The van der Waals surface area contributed by atoms with Gasteiger partial charge >= 0.3 is 11.7 Å². The van der Waals surface area contributed by atoms with E-state index in [0.29, 0.717) is 17.3 Å². The van der Waals surface area contributed by atoms with E-state index in [-0.39, 0.29) is 41.0 Å². The van der Waals surface area contributed by atoms with Gasteiger partial charge in [0.15, 0.2) is 5.75 Å². The standard InChI is InChI=1S/C24H18N2O8S/c1-32-23(28)20-10-8-17(34-20)13-25-22(27)21(35-24(25)29)12-16-7-9-19(18(11-16)26(30)31)33-14-15-5-3-2-4-6-15/h2-12H,13-14H2,1H3/b21-12+. The number of hydrogen-bond acceptors (Lipinski definition) is 9. The summed E-state index contributed by atoms with van der Waals surface area (Å²) in [5, 5.41) is 11.1. The molecule has 0 unspecified atom stereocenters. The minimum absolute atomic E-state index is 0.0492. The molecule has 0 saturated carbocycles. The van der Waals surface area contributed by atoms with Crippen LogP contribution >= 0.6 is 11.8 Å². The third kappa shape index (κ3) is 5.41. The van der Waals surface area contributed by atoms with Gasteiger partial charge in [0.05, 0.1) is 23.5 Å². The predicted octanol–water partition coefficient (Wildman–Crippen LogP) is 4.79. The minimum atomic E-state index is -0.678. The van der Waals surface area contributed by atoms with Crippen LogP contribution in [0.1, 0.15) is 27.4 Å². The highest BCUT2D eigenvalue weighted by Gasteiger charge is 2.36. The molecule has 2 heterocycles. The summed E-state index contributed by atoms with van der Waals surface area (Å²) in [6.45, 7) is -0.0181. The molecule has 10 nitrogen and oxygen atoms in total. The Hall–Kier alpha value is -4.38. The molecular formula is C24H18N2O8S.